The smallest absolute Gasteiger partial charge is 0.338 e. The van der Waals surface area contributed by atoms with Crippen molar-refractivity contribution >= 4 is 11.9 Å². The van der Waals surface area contributed by atoms with Crippen molar-refractivity contribution in [3.05, 3.63) is 71.0 Å². The minimum absolute atomic E-state index is 0.104. The fourth-order valence-corrected chi connectivity index (χ4v) is 2.11. The normalized spacial score (nSPS) is 11.3. The number of halogens is 1. The minimum atomic E-state index is -0.643. The number of ether oxygens (including phenoxy) is 1. The molecule has 0 bridgehead atoms. The van der Waals surface area contributed by atoms with Crippen molar-refractivity contribution in [1.29, 1.82) is 5.26 Å². The van der Waals surface area contributed by atoms with Gasteiger partial charge in [-0.25, -0.2) is 9.18 Å². The second kappa shape index (κ2) is 7.88. The van der Waals surface area contributed by atoms with E-state index in [4.69, 9.17) is 15.7 Å². The lowest BCUT2D eigenvalue weighted by Gasteiger charge is -2.10. The van der Waals surface area contributed by atoms with Crippen LogP contribution >= 0.6 is 0 Å². The number of rotatable bonds is 6. The van der Waals surface area contributed by atoms with Crippen LogP contribution in [0.15, 0.2) is 48.5 Å². The molecule has 0 radical (unpaired) electrons. The van der Waals surface area contributed by atoms with E-state index in [9.17, 15) is 14.0 Å². The van der Waals surface area contributed by atoms with Crippen molar-refractivity contribution in [2.75, 3.05) is 6.61 Å². The van der Waals surface area contributed by atoms with E-state index in [0.29, 0.717) is 6.42 Å². The number of hydrogen-bond donors (Lipinski definition) is 1. The number of amides is 1. The van der Waals surface area contributed by atoms with Crippen LogP contribution < -0.4 is 5.73 Å². The molecule has 1 amide bonds. The Labute approximate surface area is 138 Å². The number of carbonyl (C=O) groups excluding carboxylic acids is 2. The Kier molecular flexibility index (Phi) is 5.63. The van der Waals surface area contributed by atoms with Gasteiger partial charge >= 0.3 is 5.97 Å². The van der Waals surface area contributed by atoms with Crippen LogP contribution in [0.1, 0.15) is 26.3 Å². The van der Waals surface area contributed by atoms with Crippen molar-refractivity contribution in [1.82, 2.24) is 0 Å². The molecule has 0 aliphatic rings. The lowest BCUT2D eigenvalue weighted by Crippen LogP contribution is -2.16. The van der Waals surface area contributed by atoms with Gasteiger partial charge in [0.1, 0.15) is 12.4 Å². The van der Waals surface area contributed by atoms with Gasteiger partial charge in [-0.05, 0) is 42.3 Å². The van der Waals surface area contributed by atoms with Crippen LogP contribution in [0.25, 0.3) is 0 Å². The van der Waals surface area contributed by atoms with Crippen LogP contribution in [0.4, 0.5) is 4.39 Å². The summed E-state index contributed by atoms with van der Waals surface area (Å²) in [5, 5.41) is 9.17. The number of hydrogen-bond acceptors (Lipinski definition) is 4. The summed E-state index contributed by atoms with van der Waals surface area (Å²) < 4.78 is 18.0. The summed E-state index contributed by atoms with van der Waals surface area (Å²) in [5.74, 6) is -2.19. The third kappa shape index (κ3) is 4.65. The van der Waals surface area contributed by atoms with E-state index in [0.717, 1.165) is 5.56 Å². The molecule has 0 unspecified atom stereocenters. The van der Waals surface area contributed by atoms with Crippen molar-refractivity contribution in [2.45, 2.75) is 6.42 Å². The molecular formula is C18H15FN2O3. The third-order valence-electron chi connectivity index (χ3n) is 3.38. The average molecular weight is 326 g/mol. The number of nitrogens with zero attached hydrogens (tertiary/aromatic N) is 1. The fourth-order valence-electron chi connectivity index (χ4n) is 2.11. The van der Waals surface area contributed by atoms with Gasteiger partial charge in [-0.15, -0.1) is 0 Å². The van der Waals surface area contributed by atoms with Crippen LogP contribution in [0.2, 0.25) is 0 Å². The van der Waals surface area contributed by atoms with Gasteiger partial charge in [0.25, 0.3) is 0 Å². The van der Waals surface area contributed by atoms with Crippen molar-refractivity contribution in [3.63, 3.8) is 0 Å². The summed E-state index contributed by atoms with van der Waals surface area (Å²) in [5.41, 5.74) is 6.32. The summed E-state index contributed by atoms with van der Waals surface area (Å²) in [4.78, 5) is 23.1. The first-order chi connectivity index (χ1) is 11.5. The largest absolute Gasteiger partial charge is 0.461 e. The standard InChI is InChI=1S/C18H15FN2O3/c19-16-6-4-12(5-7-16)8-13(10-20)11-24-18(23)15-3-1-2-14(9-15)17(21)22/h1-7,9,13H,8,11H2,(H2,21,22)/t13-/m0/s1. The molecule has 122 valence electrons. The maximum atomic E-state index is 12.9. The zero-order valence-corrected chi connectivity index (χ0v) is 12.7. The highest BCUT2D eigenvalue weighted by Gasteiger charge is 2.15. The van der Waals surface area contributed by atoms with Gasteiger partial charge in [-0.3, -0.25) is 4.79 Å². The molecule has 2 aromatic rings. The third-order valence-corrected chi connectivity index (χ3v) is 3.38. The predicted molar refractivity (Wildman–Crippen MR) is 84.4 cm³/mol. The molecule has 2 aromatic carbocycles. The zero-order valence-electron chi connectivity index (χ0n) is 12.7. The quantitative estimate of drug-likeness (QED) is 0.825. The predicted octanol–water partition coefficient (Wildman–Crippen LogP) is 2.46. The lowest BCUT2D eigenvalue weighted by molar-refractivity contribution is 0.0468. The Morgan fingerprint density at radius 3 is 2.46 bits per heavy atom. The van der Waals surface area contributed by atoms with Crippen molar-refractivity contribution < 1.29 is 18.7 Å². The second-order valence-corrected chi connectivity index (χ2v) is 5.20. The fraction of sp³-hybridized carbons (Fsp3) is 0.167. The van der Waals surface area contributed by atoms with Crippen LogP contribution in [-0.4, -0.2) is 18.5 Å². The second-order valence-electron chi connectivity index (χ2n) is 5.20. The van der Waals surface area contributed by atoms with E-state index in [-0.39, 0.29) is 23.6 Å². The Hall–Kier alpha value is -3.20. The van der Waals surface area contributed by atoms with Crippen LogP contribution in [0, 0.1) is 23.1 Å². The summed E-state index contributed by atoms with van der Waals surface area (Å²) in [7, 11) is 0. The molecule has 24 heavy (non-hydrogen) atoms. The van der Waals surface area contributed by atoms with E-state index in [2.05, 4.69) is 6.07 Å². The zero-order chi connectivity index (χ0) is 17.5. The maximum Gasteiger partial charge on any atom is 0.338 e. The number of esters is 1. The van der Waals surface area contributed by atoms with Gasteiger partial charge in [0.15, 0.2) is 0 Å². The highest BCUT2D eigenvalue weighted by atomic mass is 19.1. The molecular weight excluding hydrogens is 311 g/mol. The Bertz CT molecular complexity index is 782. The summed E-state index contributed by atoms with van der Waals surface area (Å²) in [6.07, 6.45) is 0.339. The van der Waals surface area contributed by atoms with Crippen molar-refractivity contribution in [2.24, 2.45) is 11.7 Å². The van der Waals surface area contributed by atoms with E-state index in [1.165, 1.54) is 36.4 Å². The first kappa shape index (κ1) is 17.2. The number of nitriles is 1. The van der Waals surface area contributed by atoms with Gasteiger partial charge in [0, 0.05) is 5.56 Å². The highest BCUT2D eigenvalue weighted by molar-refractivity contribution is 5.97. The first-order valence-electron chi connectivity index (χ1n) is 7.20. The summed E-state index contributed by atoms with van der Waals surface area (Å²) in [6, 6.07) is 13.7. The molecule has 0 saturated heterocycles. The van der Waals surface area contributed by atoms with Gasteiger partial charge in [0.05, 0.1) is 17.6 Å². The van der Waals surface area contributed by atoms with Crippen LogP contribution in [0.3, 0.4) is 0 Å². The van der Waals surface area contributed by atoms with Gasteiger partial charge in [0.2, 0.25) is 5.91 Å². The van der Waals surface area contributed by atoms with Gasteiger partial charge in [-0.2, -0.15) is 5.26 Å². The number of benzene rings is 2. The molecule has 5 nitrogen and oxygen atoms in total. The van der Waals surface area contributed by atoms with Gasteiger partial charge < -0.3 is 10.5 Å². The molecule has 0 spiro atoms. The molecule has 1 atom stereocenters. The SMILES string of the molecule is N#C[C@@H](COC(=O)c1cccc(C(N)=O)c1)Cc1ccc(F)cc1. The highest BCUT2D eigenvalue weighted by Crippen LogP contribution is 2.12. The first-order valence-corrected chi connectivity index (χ1v) is 7.20. The van der Waals surface area contributed by atoms with E-state index in [1.54, 1.807) is 12.1 Å². The average Bonchev–Trinajstić information content (AvgIpc) is 2.60. The van der Waals surface area contributed by atoms with Gasteiger partial charge in [-0.1, -0.05) is 18.2 Å². The molecule has 0 aliphatic carbocycles. The Morgan fingerprint density at radius 2 is 1.83 bits per heavy atom. The number of nitrogens with two attached hydrogens (primary N) is 1. The number of primary amides is 1. The minimum Gasteiger partial charge on any atom is -0.461 e. The van der Waals surface area contributed by atoms with E-state index in [1.807, 2.05) is 0 Å². The van der Waals surface area contributed by atoms with E-state index >= 15 is 0 Å². The topological polar surface area (TPSA) is 93.2 Å². The Morgan fingerprint density at radius 1 is 1.17 bits per heavy atom. The molecule has 0 saturated carbocycles. The number of carbonyl (C=O) groups is 2. The Balaban J connectivity index is 1.96. The summed E-state index contributed by atoms with van der Waals surface area (Å²) in [6.45, 7) is -0.104. The molecule has 0 aromatic heterocycles. The van der Waals surface area contributed by atoms with Crippen LogP contribution in [-0.2, 0) is 11.2 Å². The molecule has 2 N–H and O–H groups in total. The van der Waals surface area contributed by atoms with E-state index < -0.39 is 17.8 Å². The monoisotopic (exact) mass is 326 g/mol. The van der Waals surface area contributed by atoms with Crippen molar-refractivity contribution in [3.8, 4) is 6.07 Å². The van der Waals surface area contributed by atoms with Crippen LogP contribution in [0.5, 0.6) is 0 Å². The lowest BCUT2D eigenvalue weighted by atomic mass is 10.0. The molecule has 2 rings (SSSR count). The molecule has 0 heterocycles. The summed E-state index contributed by atoms with van der Waals surface area (Å²) >= 11 is 0. The molecule has 0 aliphatic heterocycles. The molecule has 0 fully saturated rings. The maximum absolute atomic E-state index is 12.9. The molecule has 6 heteroatoms.